The van der Waals surface area contributed by atoms with Crippen LogP contribution in [0.4, 0.5) is 17.1 Å². The Kier molecular flexibility index (Phi) is 5.03. The molecule has 2 fully saturated rings. The average molecular weight is 364 g/mol. The second-order valence-electron chi connectivity index (χ2n) is 7.77. The number of nitrogen functional groups attached to an aromatic ring is 2. The van der Waals surface area contributed by atoms with Crippen LogP contribution in [0.1, 0.15) is 35.2 Å². The number of carbonyl (C=O) groups excluding carboxylic acids is 1. The number of nitrogens with two attached hydrogens (primary N) is 2. The summed E-state index contributed by atoms with van der Waals surface area (Å²) in [5.41, 5.74) is 14.9. The smallest absolute Gasteiger partial charge is 0.195 e. The van der Waals surface area contributed by atoms with Crippen molar-refractivity contribution in [3.63, 3.8) is 0 Å². The summed E-state index contributed by atoms with van der Waals surface area (Å²) < 4.78 is 0. The Morgan fingerprint density at radius 1 is 0.963 bits per heavy atom. The maximum atomic E-state index is 12.8. The van der Waals surface area contributed by atoms with Gasteiger partial charge in [0.2, 0.25) is 0 Å². The fourth-order valence-electron chi connectivity index (χ4n) is 3.84. The fraction of sp³-hybridized carbons (Fsp3) is 0.409. The first-order valence-corrected chi connectivity index (χ1v) is 9.88. The number of rotatable bonds is 5. The highest BCUT2D eigenvalue weighted by molar-refractivity contribution is 6.13. The lowest BCUT2D eigenvalue weighted by Gasteiger charge is -2.24. The molecule has 5 heteroatoms. The van der Waals surface area contributed by atoms with Crippen molar-refractivity contribution in [1.29, 1.82) is 0 Å². The van der Waals surface area contributed by atoms with Gasteiger partial charge < -0.3 is 21.3 Å². The predicted molar refractivity (Wildman–Crippen MR) is 111 cm³/mol. The Morgan fingerprint density at radius 3 is 2.48 bits per heavy atom. The molecule has 1 saturated heterocycles. The van der Waals surface area contributed by atoms with E-state index in [9.17, 15) is 4.79 Å². The lowest BCUT2D eigenvalue weighted by Crippen LogP contribution is -2.32. The van der Waals surface area contributed by atoms with Crippen LogP contribution in [0.25, 0.3) is 0 Å². The summed E-state index contributed by atoms with van der Waals surface area (Å²) in [5.74, 6) is 0.860. The van der Waals surface area contributed by atoms with Gasteiger partial charge in [-0.2, -0.15) is 0 Å². The van der Waals surface area contributed by atoms with Gasteiger partial charge in [0.25, 0.3) is 0 Å². The van der Waals surface area contributed by atoms with Crippen molar-refractivity contribution in [2.75, 3.05) is 49.1 Å². The Bertz CT molecular complexity index is 814. The molecular formula is C22H28N4O. The van der Waals surface area contributed by atoms with E-state index < -0.39 is 0 Å². The first kappa shape index (κ1) is 17.9. The van der Waals surface area contributed by atoms with Crippen molar-refractivity contribution in [2.45, 2.75) is 19.3 Å². The minimum atomic E-state index is -0.0853. The molecule has 0 spiro atoms. The van der Waals surface area contributed by atoms with Crippen LogP contribution < -0.4 is 16.4 Å². The van der Waals surface area contributed by atoms with Gasteiger partial charge in [-0.05, 0) is 68.1 Å². The Labute approximate surface area is 160 Å². The van der Waals surface area contributed by atoms with E-state index >= 15 is 0 Å². The number of anilines is 3. The zero-order chi connectivity index (χ0) is 18.8. The fourth-order valence-corrected chi connectivity index (χ4v) is 3.84. The molecule has 1 aliphatic carbocycles. The predicted octanol–water partition coefficient (Wildman–Crippen LogP) is 3.00. The highest BCUT2D eigenvalue weighted by Gasteiger charge is 2.25. The lowest BCUT2D eigenvalue weighted by molar-refractivity contribution is 0.103. The van der Waals surface area contributed by atoms with Crippen molar-refractivity contribution < 1.29 is 4.79 Å². The number of ketones is 1. The number of hydrogen-bond acceptors (Lipinski definition) is 5. The quantitative estimate of drug-likeness (QED) is 0.630. The minimum Gasteiger partial charge on any atom is -0.397 e. The molecule has 142 valence electrons. The first-order valence-electron chi connectivity index (χ1n) is 9.88. The molecule has 0 bridgehead atoms. The van der Waals surface area contributed by atoms with E-state index in [1.165, 1.54) is 38.0 Å². The van der Waals surface area contributed by atoms with Crippen LogP contribution in [0.2, 0.25) is 0 Å². The van der Waals surface area contributed by atoms with Crippen LogP contribution in [0, 0.1) is 5.92 Å². The molecule has 0 unspecified atom stereocenters. The number of nitrogens with zero attached hydrogens (tertiary/aromatic N) is 2. The molecule has 0 aromatic heterocycles. The van der Waals surface area contributed by atoms with E-state index in [1.807, 2.05) is 24.3 Å². The summed E-state index contributed by atoms with van der Waals surface area (Å²) in [7, 11) is 0. The van der Waals surface area contributed by atoms with E-state index in [1.54, 1.807) is 18.2 Å². The van der Waals surface area contributed by atoms with E-state index in [2.05, 4.69) is 9.80 Å². The van der Waals surface area contributed by atoms with Crippen LogP contribution in [-0.4, -0.2) is 43.4 Å². The average Bonchev–Trinajstić information content (AvgIpc) is 3.52. The molecule has 1 aliphatic heterocycles. The molecule has 2 aliphatic rings. The summed E-state index contributed by atoms with van der Waals surface area (Å²) in [6, 6.07) is 13.1. The number of carbonyl (C=O) groups is 1. The van der Waals surface area contributed by atoms with Gasteiger partial charge in [-0.15, -0.1) is 0 Å². The Morgan fingerprint density at radius 2 is 1.74 bits per heavy atom. The van der Waals surface area contributed by atoms with Crippen molar-refractivity contribution >= 4 is 22.8 Å². The maximum absolute atomic E-state index is 12.8. The molecule has 2 aromatic carbocycles. The van der Waals surface area contributed by atoms with Crippen molar-refractivity contribution in [2.24, 2.45) is 5.92 Å². The van der Waals surface area contributed by atoms with Crippen LogP contribution >= 0.6 is 0 Å². The SMILES string of the molecule is Nc1cccc(C(=O)c2ccc(N3CCCN(CC4CC4)CC3)cc2)c1N. The molecule has 4 N–H and O–H groups in total. The number of hydrogen-bond donors (Lipinski definition) is 2. The van der Waals surface area contributed by atoms with E-state index in [4.69, 9.17) is 11.5 Å². The molecule has 0 amide bonds. The van der Waals surface area contributed by atoms with Gasteiger partial charge >= 0.3 is 0 Å². The zero-order valence-corrected chi connectivity index (χ0v) is 15.7. The van der Waals surface area contributed by atoms with Gasteiger partial charge in [0.05, 0.1) is 11.4 Å². The topological polar surface area (TPSA) is 75.6 Å². The van der Waals surface area contributed by atoms with Gasteiger partial charge in [-0.1, -0.05) is 6.07 Å². The van der Waals surface area contributed by atoms with Gasteiger partial charge in [0.1, 0.15) is 0 Å². The lowest BCUT2D eigenvalue weighted by atomic mass is 10.0. The molecule has 0 atom stereocenters. The molecule has 2 aromatic rings. The summed E-state index contributed by atoms with van der Waals surface area (Å²) in [6.07, 6.45) is 4.01. The maximum Gasteiger partial charge on any atom is 0.195 e. The molecule has 27 heavy (non-hydrogen) atoms. The minimum absolute atomic E-state index is 0.0853. The van der Waals surface area contributed by atoms with E-state index in [0.717, 1.165) is 25.6 Å². The van der Waals surface area contributed by atoms with Crippen LogP contribution in [0.3, 0.4) is 0 Å². The molecule has 5 nitrogen and oxygen atoms in total. The highest BCUT2D eigenvalue weighted by Crippen LogP contribution is 2.30. The largest absolute Gasteiger partial charge is 0.397 e. The highest BCUT2D eigenvalue weighted by atomic mass is 16.1. The van der Waals surface area contributed by atoms with Crippen molar-refractivity contribution in [1.82, 2.24) is 4.90 Å². The standard InChI is InChI=1S/C22H28N4O/c23-20-4-1-3-19(21(20)24)22(27)17-7-9-18(10-8-17)26-12-2-11-25(13-14-26)15-16-5-6-16/h1,3-4,7-10,16H,2,5-6,11-15,23-24H2. The van der Waals surface area contributed by atoms with E-state index in [0.29, 0.717) is 22.5 Å². The molecule has 1 saturated carbocycles. The van der Waals surface area contributed by atoms with Crippen LogP contribution in [0.15, 0.2) is 42.5 Å². The second-order valence-corrected chi connectivity index (χ2v) is 7.77. The van der Waals surface area contributed by atoms with Crippen molar-refractivity contribution in [3.05, 3.63) is 53.6 Å². The molecule has 0 radical (unpaired) electrons. The molecular weight excluding hydrogens is 336 g/mol. The van der Waals surface area contributed by atoms with Crippen molar-refractivity contribution in [3.8, 4) is 0 Å². The summed E-state index contributed by atoms with van der Waals surface area (Å²) in [6.45, 7) is 5.69. The molecule has 4 rings (SSSR count). The van der Waals surface area contributed by atoms with Crippen LogP contribution in [0.5, 0.6) is 0 Å². The van der Waals surface area contributed by atoms with Crippen LogP contribution in [-0.2, 0) is 0 Å². The van der Waals surface area contributed by atoms with E-state index in [-0.39, 0.29) is 5.78 Å². The monoisotopic (exact) mass is 364 g/mol. The van der Waals surface area contributed by atoms with Gasteiger partial charge in [0.15, 0.2) is 5.78 Å². The summed E-state index contributed by atoms with van der Waals surface area (Å²) >= 11 is 0. The second kappa shape index (κ2) is 7.61. The van der Waals surface area contributed by atoms with Gasteiger partial charge in [-0.25, -0.2) is 0 Å². The third kappa shape index (κ3) is 4.08. The first-order chi connectivity index (χ1) is 13.1. The normalized spacial score (nSPS) is 18.3. The number of para-hydroxylation sites is 1. The number of benzene rings is 2. The van der Waals surface area contributed by atoms with Gasteiger partial charge in [-0.3, -0.25) is 4.79 Å². The molecule has 1 heterocycles. The Hall–Kier alpha value is -2.53. The Balaban J connectivity index is 1.44. The van der Waals surface area contributed by atoms with Gasteiger partial charge in [0, 0.05) is 43.0 Å². The third-order valence-electron chi connectivity index (χ3n) is 5.68. The third-order valence-corrected chi connectivity index (χ3v) is 5.68. The zero-order valence-electron chi connectivity index (χ0n) is 15.7. The summed E-state index contributed by atoms with van der Waals surface area (Å²) in [5, 5.41) is 0. The summed E-state index contributed by atoms with van der Waals surface area (Å²) in [4.78, 5) is 17.8.